The first-order valence-corrected chi connectivity index (χ1v) is 11.5. The van der Waals surface area contributed by atoms with Crippen molar-refractivity contribution in [3.05, 3.63) is 41.5 Å². The Morgan fingerprint density at radius 3 is 2.72 bits per heavy atom. The number of likely N-dealkylation sites (N-methyl/N-ethyl adjacent to an activating group) is 1. The van der Waals surface area contributed by atoms with E-state index in [2.05, 4.69) is 40.2 Å². The number of rotatable bonds is 11. The summed E-state index contributed by atoms with van der Waals surface area (Å²) < 4.78 is 5.87. The largest absolute Gasteiger partial charge is 0.491 e. The molecule has 0 aromatic heterocycles. The van der Waals surface area contributed by atoms with Crippen molar-refractivity contribution in [2.24, 2.45) is 0 Å². The van der Waals surface area contributed by atoms with Crippen molar-refractivity contribution in [2.45, 2.75) is 51.7 Å². The lowest BCUT2D eigenvalue weighted by Gasteiger charge is -2.34. The van der Waals surface area contributed by atoms with Gasteiger partial charge in [0.15, 0.2) is 0 Å². The Bertz CT molecular complexity index is 626. The van der Waals surface area contributed by atoms with Crippen LogP contribution in [0.3, 0.4) is 0 Å². The number of hydrogen-bond acceptors (Lipinski definition) is 5. The molecular formula is C24H39N3O2. The number of nitrogens with zero attached hydrogens (tertiary/aromatic N) is 2. The molecule has 0 saturated carbocycles. The second-order valence-electron chi connectivity index (χ2n) is 8.38. The first-order chi connectivity index (χ1) is 14.2. The summed E-state index contributed by atoms with van der Waals surface area (Å²) in [6.45, 7) is 10.5. The van der Waals surface area contributed by atoms with Gasteiger partial charge in [0.1, 0.15) is 18.5 Å². The molecule has 0 amide bonds. The minimum atomic E-state index is -0.450. The third-order valence-corrected chi connectivity index (χ3v) is 6.06. The van der Waals surface area contributed by atoms with Crippen LogP contribution in [0.25, 0.3) is 0 Å². The van der Waals surface area contributed by atoms with E-state index < -0.39 is 6.10 Å². The molecule has 1 heterocycles. The number of aliphatic hydroxyl groups is 1. The molecule has 1 saturated heterocycles. The Balaban J connectivity index is 1.33. The average Bonchev–Trinajstić information content (AvgIpc) is 2.77. The Kier molecular flexibility index (Phi) is 9.48. The maximum Gasteiger partial charge on any atom is 0.119 e. The number of allylic oxidation sites excluding steroid dienone is 1. The molecule has 0 bridgehead atoms. The van der Waals surface area contributed by atoms with E-state index in [9.17, 15) is 5.11 Å². The van der Waals surface area contributed by atoms with Gasteiger partial charge in [-0.3, -0.25) is 4.90 Å². The van der Waals surface area contributed by atoms with Crippen LogP contribution >= 0.6 is 0 Å². The summed E-state index contributed by atoms with van der Waals surface area (Å²) >= 11 is 0. The minimum Gasteiger partial charge on any atom is -0.491 e. The Labute approximate surface area is 176 Å². The molecule has 1 aromatic rings. The van der Waals surface area contributed by atoms with Crippen LogP contribution in [0, 0.1) is 0 Å². The third kappa shape index (κ3) is 8.09. The molecule has 0 radical (unpaired) electrons. The number of benzene rings is 1. The lowest BCUT2D eigenvalue weighted by Crippen LogP contribution is -2.49. The maximum atomic E-state index is 10.4. The van der Waals surface area contributed by atoms with Crippen LogP contribution in [-0.2, 0) is 6.54 Å². The van der Waals surface area contributed by atoms with Crippen molar-refractivity contribution in [1.82, 2.24) is 15.1 Å². The number of hydrogen-bond donors (Lipinski definition) is 2. The maximum absolute atomic E-state index is 10.4. The van der Waals surface area contributed by atoms with Gasteiger partial charge in [-0.25, -0.2) is 0 Å². The van der Waals surface area contributed by atoms with Crippen LogP contribution < -0.4 is 10.1 Å². The summed E-state index contributed by atoms with van der Waals surface area (Å²) in [5.74, 6) is 0.842. The van der Waals surface area contributed by atoms with Gasteiger partial charge in [-0.05, 0) is 62.9 Å². The van der Waals surface area contributed by atoms with Crippen LogP contribution in [-0.4, -0.2) is 73.4 Å². The van der Waals surface area contributed by atoms with Crippen molar-refractivity contribution in [1.29, 1.82) is 0 Å². The molecule has 0 spiro atoms. The lowest BCUT2D eigenvalue weighted by molar-refractivity contribution is 0.0471. The minimum absolute atomic E-state index is 0.346. The molecule has 1 atom stereocenters. The van der Waals surface area contributed by atoms with Crippen LogP contribution in [0.1, 0.15) is 44.6 Å². The van der Waals surface area contributed by atoms with Crippen molar-refractivity contribution in [3.8, 4) is 5.75 Å². The fourth-order valence-electron chi connectivity index (χ4n) is 4.19. The smallest absolute Gasteiger partial charge is 0.119 e. The molecule has 1 fully saturated rings. The van der Waals surface area contributed by atoms with E-state index in [0.29, 0.717) is 13.2 Å². The Morgan fingerprint density at radius 2 is 1.97 bits per heavy atom. The summed E-state index contributed by atoms with van der Waals surface area (Å²) in [6.07, 6.45) is 8.38. The first kappa shape index (κ1) is 22.3. The highest BCUT2D eigenvalue weighted by molar-refractivity contribution is 5.28. The number of aliphatic hydroxyl groups excluding tert-OH is 1. The molecule has 3 rings (SSSR count). The summed E-state index contributed by atoms with van der Waals surface area (Å²) in [6, 6.07) is 8.22. The standard InChI is InChI=1S/C24H39N3O2/c1-2-26-13-15-27(16-14-26)19-23(28)20-29-24-10-6-9-22(17-24)18-25-12-11-21-7-4-3-5-8-21/h6-7,9-10,17,23,25,28H,2-5,8,11-16,18-20H2,1H3. The molecule has 162 valence electrons. The third-order valence-electron chi connectivity index (χ3n) is 6.06. The normalized spacial score (nSPS) is 19.7. The number of nitrogens with one attached hydrogen (secondary N) is 1. The molecule has 1 aliphatic carbocycles. The van der Waals surface area contributed by atoms with Gasteiger partial charge in [-0.1, -0.05) is 30.7 Å². The van der Waals surface area contributed by atoms with Crippen LogP contribution in [0.15, 0.2) is 35.9 Å². The van der Waals surface area contributed by atoms with Gasteiger partial charge in [-0.15, -0.1) is 0 Å². The highest BCUT2D eigenvalue weighted by Crippen LogP contribution is 2.19. The molecular weight excluding hydrogens is 362 g/mol. The van der Waals surface area contributed by atoms with Crippen molar-refractivity contribution < 1.29 is 9.84 Å². The number of β-amino-alcohol motifs (C(OH)–C–C–N with tert-alkyl or cyclic N) is 1. The highest BCUT2D eigenvalue weighted by Gasteiger charge is 2.18. The molecule has 5 heteroatoms. The monoisotopic (exact) mass is 401 g/mol. The van der Waals surface area contributed by atoms with E-state index in [0.717, 1.165) is 58.0 Å². The summed E-state index contributed by atoms with van der Waals surface area (Å²) in [5.41, 5.74) is 2.84. The van der Waals surface area contributed by atoms with Crippen molar-refractivity contribution in [2.75, 3.05) is 52.4 Å². The first-order valence-electron chi connectivity index (χ1n) is 11.5. The lowest BCUT2D eigenvalue weighted by atomic mass is 9.97. The SMILES string of the molecule is CCN1CCN(CC(O)COc2cccc(CNCCC3=CCCCC3)c2)CC1. The second kappa shape index (κ2) is 12.3. The summed E-state index contributed by atoms with van der Waals surface area (Å²) in [7, 11) is 0. The predicted molar refractivity (Wildman–Crippen MR) is 119 cm³/mol. The topological polar surface area (TPSA) is 48.0 Å². The molecule has 1 aliphatic heterocycles. The van der Waals surface area contributed by atoms with E-state index in [1.807, 2.05) is 12.1 Å². The average molecular weight is 402 g/mol. The zero-order valence-electron chi connectivity index (χ0n) is 18.1. The van der Waals surface area contributed by atoms with E-state index in [1.54, 1.807) is 5.57 Å². The predicted octanol–water partition coefficient (Wildman–Crippen LogP) is 3.04. The number of ether oxygens (including phenoxy) is 1. The van der Waals surface area contributed by atoms with Crippen LogP contribution in [0.2, 0.25) is 0 Å². The van der Waals surface area contributed by atoms with Crippen LogP contribution in [0.4, 0.5) is 0 Å². The molecule has 1 aromatic carbocycles. The molecule has 5 nitrogen and oxygen atoms in total. The quantitative estimate of drug-likeness (QED) is 0.441. The highest BCUT2D eigenvalue weighted by atomic mass is 16.5. The molecule has 2 N–H and O–H groups in total. The number of piperazine rings is 1. The molecule has 2 aliphatic rings. The Hall–Kier alpha value is -1.40. The van der Waals surface area contributed by atoms with E-state index in [1.165, 1.54) is 31.2 Å². The van der Waals surface area contributed by atoms with E-state index in [-0.39, 0.29) is 0 Å². The molecule has 29 heavy (non-hydrogen) atoms. The van der Waals surface area contributed by atoms with Crippen molar-refractivity contribution in [3.63, 3.8) is 0 Å². The zero-order chi connectivity index (χ0) is 20.3. The second-order valence-corrected chi connectivity index (χ2v) is 8.38. The summed E-state index contributed by atoms with van der Waals surface area (Å²) in [5, 5.41) is 13.9. The van der Waals surface area contributed by atoms with Gasteiger partial charge >= 0.3 is 0 Å². The van der Waals surface area contributed by atoms with Crippen LogP contribution in [0.5, 0.6) is 5.75 Å². The van der Waals surface area contributed by atoms with Gasteiger partial charge in [0, 0.05) is 39.3 Å². The van der Waals surface area contributed by atoms with Gasteiger partial charge in [0.25, 0.3) is 0 Å². The zero-order valence-corrected chi connectivity index (χ0v) is 18.1. The van der Waals surface area contributed by atoms with Gasteiger partial charge in [0.05, 0.1) is 0 Å². The van der Waals surface area contributed by atoms with Crippen molar-refractivity contribution >= 4 is 0 Å². The Morgan fingerprint density at radius 1 is 1.14 bits per heavy atom. The van der Waals surface area contributed by atoms with Gasteiger partial charge < -0.3 is 20.1 Å². The fourth-order valence-corrected chi connectivity index (χ4v) is 4.19. The van der Waals surface area contributed by atoms with Gasteiger partial charge in [0.2, 0.25) is 0 Å². The summed E-state index contributed by atoms with van der Waals surface area (Å²) in [4.78, 5) is 4.79. The van der Waals surface area contributed by atoms with Gasteiger partial charge in [-0.2, -0.15) is 0 Å². The van der Waals surface area contributed by atoms with E-state index >= 15 is 0 Å². The molecule has 1 unspecified atom stereocenters. The van der Waals surface area contributed by atoms with E-state index in [4.69, 9.17) is 4.74 Å². The fraction of sp³-hybridized carbons (Fsp3) is 0.667.